The van der Waals surface area contributed by atoms with E-state index in [1.54, 1.807) is 18.4 Å². The van der Waals surface area contributed by atoms with Gasteiger partial charge >= 0.3 is 0 Å². The summed E-state index contributed by atoms with van der Waals surface area (Å²) in [6.07, 6.45) is 4.31. The first-order valence-corrected chi connectivity index (χ1v) is 6.34. The number of hydrogen-bond donors (Lipinski definition) is 1. The molecule has 0 aliphatic heterocycles. The first-order chi connectivity index (χ1) is 8.81. The third kappa shape index (κ3) is 3.12. The first kappa shape index (κ1) is 12.7. The summed E-state index contributed by atoms with van der Waals surface area (Å²) in [5.74, 6) is -0.250. The van der Waals surface area contributed by atoms with Crippen molar-refractivity contribution in [3.63, 3.8) is 0 Å². The summed E-state index contributed by atoms with van der Waals surface area (Å²) in [7, 11) is 1.62. The minimum absolute atomic E-state index is 0.142. The number of carbonyl (C=O) groups is 1. The van der Waals surface area contributed by atoms with E-state index in [0.717, 1.165) is 5.56 Å². The number of aromatic nitrogens is 2. The zero-order valence-electron chi connectivity index (χ0n) is 9.87. The number of methoxy groups -OCH3 is 1. The molecule has 18 heavy (non-hydrogen) atoms. The van der Waals surface area contributed by atoms with Crippen LogP contribution in [0.25, 0.3) is 0 Å². The molecule has 0 fully saturated rings. The number of nitrogens with one attached hydrogen (secondary N) is 1. The standard InChI is InChI=1S/C12H13N3O2S/c1-17-11(9-2-5-18-8-9)7-15-12(16)10-6-13-3-4-14-10/h2-6,8,11H,7H2,1H3,(H,15,16). The lowest BCUT2D eigenvalue weighted by Crippen LogP contribution is -2.29. The van der Waals surface area contributed by atoms with Gasteiger partial charge in [-0.25, -0.2) is 4.98 Å². The van der Waals surface area contributed by atoms with Gasteiger partial charge in [-0.1, -0.05) is 0 Å². The van der Waals surface area contributed by atoms with Crippen molar-refractivity contribution < 1.29 is 9.53 Å². The van der Waals surface area contributed by atoms with Gasteiger partial charge in [0.05, 0.1) is 6.20 Å². The smallest absolute Gasteiger partial charge is 0.271 e. The molecule has 0 radical (unpaired) electrons. The number of hydrogen-bond acceptors (Lipinski definition) is 5. The summed E-state index contributed by atoms with van der Waals surface area (Å²) in [5, 5.41) is 6.76. The molecule has 0 aliphatic carbocycles. The molecular weight excluding hydrogens is 250 g/mol. The lowest BCUT2D eigenvalue weighted by Gasteiger charge is -2.14. The van der Waals surface area contributed by atoms with E-state index < -0.39 is 0 Å². The van der Waals surface area contributed by atoms with E-state index in [1.165, 1.54) is 18.6 Å². The largest absolute Gasteiger partial charge is 0.375 e. The van der Waals surface area contributed by atoms with E-state index >= 15 is 0 Å². The normalized spacial score (nSPS) is 12.1. The van der Waals surface area contributed by atoms with E-state index in [9.17, 15) is 4.79 Å². The summed E-state index contributed by atoms with van der Waals surface area (Å²) in [4.78, 5) is 19.5. The Kier molecular flexibility index (Phi) is 4.38. The fourth-order valence-corrected chi connectivity index (χ4v) is 2.19. The highest BCUT2D eigenvalue weighted by Crippen LogP contribution is 2.18. The maximum atomic E-state index is 11.8. The molecule has 1 N–H and O–H groups in total. The van der Waals surface area contributed by atoms with Gasteiger partial charge in [0.2, 0.25) is 0 Å². The molecule has 2 aromatic rings. The summed E-state index contributed by atoms with van der Waals surface area (Å²) < 4.78 is 5.34. The van der Waals surface area contributed by atoms with Crippen LogP contribution in [0.4, 0.5) is 0 Å². The fraction of sp³-hybridized carbons (Fsp3) is 0.250. The molecule has 0 spiro atoms. The molecule has 0 aliphatic rings. The Morgan fingerprint density at radius 3 is 3.06 bits per heavy atom. The van der Waals surface area contributed by atoms with Crippen LogP contribution in [0.1, 0.15) is 22.2 Å². The van der Waals surface area contributed by atoms with Gasteiger partial charge in [0.15, 0.2) is 0 Å². The zero-order chi connectivity index (χ0) is 12.8. The van der Waals surface area contributed by atoms with Crippen molar-refractivity contribution in [1.29, 1.82) is 0 Å². The molecular formula is C12H13N3O2S. The van der Waals surface area contributed by atoms with Crippen molar-refractivity contribution in [2.75, 3.05) is 13.7 Å². The van der Waals surface area contributed by atoms with Gasteiger partial charge < -0.3 is 10.1 Å². The Labute approximate surface area is 109 Å². The van der Waals surface area contributed by atoms with Crippen molar-refractivity contribution in [2.24, 2.45) is 0 Å². The van der Waals surface area contributed by atoms with Crippen LogP contribution < -0.4 is 5.32 Å². The molecule has 1 atom stereocenters. The number of thiophene rings is 1. The number of rotatable bonds is 5. The maximum absolute atomic E-state index is 11.8. The third-order valence-electron chi connectivity index (χ3n) is 2.44. The highest BCUT2D eigenvalue weighted by atomic mass is 32.1. The van der Waals surface area contributed by atoms with Crippen LogP contribution in [-0.2, 0) is 4.74 Å². The van der Waals surface area contributed by atoms with E-state index in [-0.39, 0.29) is 12.0 Å². The van der Waals surface area contributed by atoms with E-state index in [1.807, 2.05) is 16.8 Å². The van der Waals surface area contributed by atoms with Crippen molar-refractivity contribution in [1.82, 2.24) is 15.3 Å². The van der Waals surface area contributed by atoms with E-state index in [0.29, 0.717) is 12.2 Å². The second-order valence-electron chi connectivity index (χ2n) is 3.58. The van der Waals surface area contributed by atoms with E-state index in [2.05, 4.69) is 15.3 Å². The van der Waals surface area contributed by atoms with Crippen LogP contribution in [0, 0.1) is 0 Å². The van der Waals surface area contributed by atoms with Gasteiger partial charge in [-0.2, -0.15) is 11.3 Å². The van der Waals surface area contributed by atoms with E-state index in [4.69, 9.17) is 4.74 Å². The monoisotopic (exact) mass is 263 g/mol. The van der Waals surface area contributed by atoms with Crippen LogP contribution in [0.15, 0.2) is 35.4 Å². The van der Waals surface area contributed by atoms with Crippen LogP contribution in [0.3, 0.4) is 0 Å². The predicted molar refractivity (Wildman–Crippen MR) is 68.4 cm³/mol. The zero-order valence-corrected chi connectivity index (χ0v) is 10.7. The highest BCUT2D eigenvalue weighted by Gasteiger charge is 2.13. The molecule has 5 nitrogen and oxygen atoms in total. The minimum Gasteiger partial charge on any atom is -0.375 e. The van der Waals surface area contributed by atoms with Gasteiger partial charge in [-0.3, -0.25) is 9.78 Å². The molecule has 6 heteroatoms. The molecule has 2 aromatic heterocycles. The summed E-state index contributed by atoms with van der Waals surface area (Å²) in [5.41, 5.74) is 1.36. The van der Waals surface area contributed by atoms with Crippen LogP contribution in [0.5, 0.6) is 0 Å². The van der Waals surface area contributed by atoms with Crippen molar-refractivity contribution in [2.45, 2.75) is 6.10 Å². The lowest BCUT2D eigenvalue weighted by molar-refractivity contribution is 0.0825. The Bertz CT molecular complexity index is 487. The van der Waals surface area contributed by atoms with Crippen LogP contribution >= 0.6 is 11.3 Å². The van der Waals surface area contributed by atoms with Crippen LogP contribution in [-0.4, -0.2) is 29.5 Å². The lowest BCUT2D eigenvalue weighted by atomic mass is 10.2. The van der Waals surface area contributed by atoms with Gasteiger partial charge in [0.1, 0.15) is 11.8 Å². The van der Waals surface area contributed by atoms with Gasteiger partial charge in [0, 0.05) is 26.0 Å². The van der Waals surface area contributed by atoms with Crippen molar-refractivity contribution >= 4 is 17.2 Å². The minimum atomic E-state index is -0.250. The average Bonchev–Trinajstić information content (AvgIpc) is 2.94. The highest BCUT2D eigenvalue weighted by molar-refractivity contribution is 7.07. The molecule has 2 rings (SSSR count). The Morgan fingerprint density at radius 1 is 1.56 bits per heavy atom. The SMILES string of the molecule is COC(CNC(=O)c1cnccn1)c1ccsc1. The summed E-state index contributed by atoms with van der Waals surface area (Å²) in [6, 6.07) is 1.98. The molecule has 2 heterocycles. The molecule has 94 valence electrons. The van der Waals surface area contributed by atoms with Gasteiger partial charge in [-0.05, 0) is 22.4 Å². The second kappa shape index (κ2) is 6.23. The first-order valence-electron chi connectivity index (χ1n) is 5.40. The topological polar surface area (TPSA) is 64.1 Å². The van der Waals surface area contributed by atoms with Gasteiger partial charge in [0.25, 0.3) is 5.91 Å². The third-order valence-corrected chi connectivity index (χ3v) is 3.14. The predicted octanol–water partition coefficient (Wildman–Crippen LogP) is 1.66. The molecule has 0 bridgehead atoms. The molecule has 1 amide bonds. The van der Waals surface area contributed by atoms with Crippen LogP contribution in [0.2, 0.25) is 0 Å². The molecule has 1 unspecified atom stereocenters. The average molecular weight is 263 g/mol. The van der Waals surface area contributed by atoms with Gasteiger partial charge in [-0.15, -0.1) is 0 Å². The van der Waals surface area contributed by atoms with Crippen molar-refractivity contribution in [3.05, 3.63) is 46.7 Å². The van der Waals surface area contributed by atoms with Crippen molar-refractivity contribution in [3.8, 4) is 0 Å². The number of carbonyl (C=O) groups excluding carboxylic acids is 1. The molecule has 0 saturated heterocycles. The quantitative estimate of drug-likeness (QED) is 0.891. The summed E-state index contributed by atoms with van der Waals surface area (Å²) >= 11 is 1.60. The fourth-order valence-electron chi connectivity index (χ4n) is 1.49. The number of ether oxygens (including phenoxy) is 1. The Hall–Kier alpha value is -1.79. The second-order valence-corrected chi connectivity index (χ2v) is 4.36. The maximum Gasteiger partial charge on any atom is 0.271 e. The summed E-state index contributed by atoms with van der Waals surface area (Å²) in [6.45, 7) is 0.405. The number of amides is 1. The Balaban J connectivity index is 1.93. The molecule has 0 aromatic carbocycles. The molecule has 0 saturated carbocycles. The Morgan fingerprint density at radius 2 is 2.44 bits per heavy atom. The number of nitrogens with zero attached hydrogens (tertiary/aromatic N) is 2.